The molecule has 1 aromatic carbocycles. The fraction of sp³-hybridized carbons (Fsp3) is 0.200. The van der Waals surface area contributed by atoms with Crippen molar-refractivity contribution >= 4 is 40.1 Å². The number of aromatic nitrogens is 2. The molecule has 5 N–H and O–H groups in total. The van der Waals surface area contributed by atoms with E-state index in [0.717, 1.165) is 0 Å². The number of nitrogens with two attached hydrogens (primary N) is 1. The normalized spacial score (nSPS) is 11.0. The molecule has 9 nitrogen and oxygen atoms in total. The predicted octanol–water partition coefficient (Wildman–Crippen LogP) is 3.84. The number of hydrogen-bond acceptors (Lipinski definition) is 6. The molecular weight excluding hydrogens is 406 g/mol. The van der Waals surface area contributed by atoms with Gasteiger partial charge in [-0.2, -0.15) is 0 Å². The van der Waals surface area contributed by atoms with Gasteiger partial charge in [0.1, 0.15) is 11.3 Å². The maximum atomic E-state index is 12.5. The summed E-state index contributed by atoms with van der Waals surface area (Å²) in [4.78, 5) is 42.6. The fourth-order valence-corrected chi connectivity index (χ4v) is 3.16. The van der Waals surface area contributed by atoms with Gasteiger partial charge in [-0.15, -0.1) is 11.3 Å². The molecular formula is C20H21N5O4S. The standard InChI is InChI=1S/C20H21N5O4S/c1-20(2,3)29-19(28)23-13-6-4-11(5-7-13)17(27)25-18-24-15(10-30-18)12-8-14(16(21)26)22-9-12/h4-10,22H,1-3H3,(H2,21,26)(H,23,28)(H,24,25,27). The van der Waals surface area contributed by atoms with E-state index in [9.17, 15) is 14.4 Å². The van der Waals surface area contributed by atoms with Crippen LogP contribution in [-0.2, 0) is 4.74 Å². The summed E-state index contributed by atoms with van der Waals surface area (Å²) in [6.45, 7) is 5.32. The highest BCUT2D eigenvalue weighted by Crippen LogP contribution is 2.26. The second-order valence-corrected chi connectivity index (χ2v) is 8.22. The number of benzene rings is 1. The Kier molecular flexibility index (Phi) is 5.88. The minimum Gasteiger partial charge on any atom is -0.444 e. The van der Waals surface area contributed by atoms with Crippen molar-refractivity contribution in [2.45, 2.75) is 26.4 Å². The third-order valence-corrected chi connectivity index (χ3v) is 4.52. The second-order valence-electron chi connectivity index (χ2n) is 7.36. The maximum Gasteiger partial charge on any atom is 0.412 e. The van der Waals surface area contributed by atoms with Crippen LogP contribution in [0.3, 0.4) is 0 Å². The Morgan fingerprint density at radius 1 is 1.13 bits per heavy atom. The topological polar surface area (TPSA) is 139 Å². The molecule has 156 valence electrons. The lowest BCUT2D eigenvalue weighted by Crippen LogP contribution is -2.27. The van der Waals surface area contributed by atoms with Gasteiger partial charge in [-0.1, -0.05) is 0 Å². The minimum atomic E-state index is -0.599. The number of nitrogens with one attached hydrogen (secondary N) is 3. The monoisotopic (exact) mass is 427 g/mol. The van der Waals surface area contributed by atoms with E-state index >= 15 is 0 Å². The van der Waals surface area contributed by atoms with Crippen molar-refractivity contribution < 1.29 is 19.1 Å². The van der Waals surface area contributed by atoms with Crippen LogP contribution in [0.4, 0.5) is 15.6 Å². The average Bonchev–Trinajstić information content (AvgIpc) is 3.29. The number of carbonyl (C=O) groups excluding carboxylic acids is 3. The Bertz CT molecular complexity index is 1080. The minimum absolute atomic E-state index is 0.281. The van der Waals surface area contributed by atoms with E-state index in [1.807, 2.05) is 0 Å². The Labute approximate surface area is 176 Å². The van der Waals surface area contributed by atoms with Crippen molar-refractivity contribution in [2.75, 3.05) is 10.6 Å². The van der Waals surface area contributed by atoms with Crippen LogP contribution in [0.15, 0.2) is 41.9 Å². The van der Waals surface area contributed by atoms with Crippen molar-refractivity contribution in [1.29, 1.82) is 0 Å². The number of aromatic amines is 1. The van der Waals surface area contributed by atoms with E-state index in [1.165, 1.54) is 11.3 Å². The molecule has 0 atom stereocenters. The lowest BCUT2D eigenvalue weighted by Gasteiger charge is -2.19. The Balaban J connectivity index is 1.61. The molecule has 2 heterocycles. The van der Waals surface area contributed by atoms with Gasteiger partial charge in [-0.3, -0.25) is 20.2 Å². The van der Waals surface area contributed by atoms with Gasteiger partial charge in [0.05, 0.1) is 5.69 Å². The Morgan fingerprint density at radius 3 is 2.43 bits per heavy atom. The number of amides is 3. The summed E-state index contributed by atoms with van der Waals surface area (Å²) in [5.74, 6) is -0.902. The summed E-state index contributed by atoms with van der Waals surface area (Å²) < 4.78 is 5.19. The van der Waals surface area contributed by atoms with Gasteiger partial charge >= 0.3 is 6.09 Å². The average molecular weight is 427 g/mol. The Hall–Kier alpha value is -3.66. The maximum absolute atomic E-state index is 12.5. The summed E-state index contributed by atoms with van der Waals surface area (Å²) in [7, 11) is 0. The molecule has 0 bridgehead atoms. The predicted molar refractivity (Wildman–Crippen MR) is 115 cm³/mol. The van der Waals surface area contributed by atoms with Crippen molar-refractivity contribution in [3.05, 3.63) is 53.2 Å². The van der Waals surface area contributed by atoms with E-state index in [2.05, 4.69) is 20.6 Å². The number of H-pyrrole nitrogens is 1. The van der Waals surface area contributed by atoms with Gasteiger partial charge in [0.15, 0.2) is 5.13 Å². The molecule has 0 unspecified atom stereocenters. The highest BCUT2D eigenvalue weighted by atomic mass is 32.1. The molecule has 0 aliphatic carbocycles. The highest BCUT2D eigenvalue weighted by Gasteiger charge is 2.16. The van der Waals surface area contributed by atoms with Gasteiger partial charge in [0.25, 0.3) is 11.8 Å². The van der Waals surface area contributed by atoms with Crippen LogP contribution in [0.5, 0.6) is 0 Å². The molecule has 0 fully saturated rings. The second kappa shape index (κ2) is 8.37. The van der Waals surface area contributed by atoms with Gasteiger partial charge in [0.2, 0.25) is 0 Å². The molecule has 0 spiro atoms. The van der Waals surface area contributed by atoms with E-state index in [0.29, 0.717) is 27.6 Å². The molecule has 3 rings (SSSR count). The first-order valence-corrected chi connectivity index (χ1v) is 9.84. The van der Waals surface area contributed by atoms with Gasteiger partial charge in [-0.25, -0.2) is 9.78 Å². The van der Waals surface area contributed by atoms with E-state index in [-0.39, 0.29) is 11.6 Å². The number of hydrogen-bond donors (Lipinski definition) is 4. The number of nitrogens with zero attached hydrogens (tertiary/aromatic N) is 1. The van der Waals surface area contributed by atoms with Gasteiger partial charge in [-0.05, 0) is 51.1 Å². The third kappa shape index (κ3) is 5.45. The SMILES string of the molecule is CC(C)(C)OC(=O)Nc1ccc(C(=O)Nc2nc(-c3c[nH]c(C(N)=O)c3)cs2)cc1. The highest BCUT2D eigenvalue weighted by molar-refractivity contribution is 7.14. The van der Waals surface area contributed by atoms with Crippen molar-refractivity contribution in [2.24, 2.45) is 5.73 Å². The molecule has 0 saturated carbocycles. The van der Waals surface area contributed by atoms with Crippen LogP contribution in [-0.4, -0.2) is 33.5 Å². The van der Waals surface area contributed by atoms with Gasteiger partial charge in [0, 0.05) is 28.4 Å². The molecule has 3 aromatic rings. The first-order valence-electron chi connectivity index (χ1n) is 8.96. The van der Waals surface area contributed by atoms with Crippen LogP contribution in [0, 0.1) is 0 Å². The van der Waals surface area contributed by atoms with E-state index in [1.54, 1.807) is 62.7 Å². The van der Waals surface area contributed by atoms with Crippen molar-refractivity contribution in [3.8, 4) is 11.3 Å². The Morgan fingerprint density at radius 2 is 1.83 bits per heavy atom. The molecule has 0 aliphatic heterocycles. The zero-order chi connectivity index (χ0) is 21.9. The summed E-state index contributed by atoms with van der Waals surface area (Å²) in [5.41, 5.74) is 7.12. The van der Waals surface area contributed by atoms with Crippen LogP contribution >= 0.6 is 11.3 Å². The van der Waals surface area contributed by atoms with Crippen LogP contribution in [0.25, 0.3) is 11.3 Å². The molecule has 0 aliphatic rings. The van der Waals surface area contributed by atoms with Crippen molar-refractivity contribution in [3.63, 3.8) is 0 Å². The fourth-order valence-electron chi connectivity index (χ4n) is 2.44. The lowest BCUT2D eigenvalue weighted by molar-refractivity contribution is 0.0635. The summed E-state index contributed by atoms with van der Waals surface area (Å²) in [5, 5.41) is 7.50. The van der Waals surface area contributed by atoms with Crippen LogP contribution in [0.2, 0.25) is 0 Å². The number of ether oxygens (including phenoxy) is 1. The zero-order valence-electron chi connectivity index (χ0n) is 16.6. The van der Waals surface area contributed by atoms with Crippen LogP contribution in [0.1, 0.15) is 41.6 Å². The number of anilines is 2. The number of rotatable bonds is 5. The number of primary amides is 1. The first-order chi connectivity index (χ1) is 14.1. The number of thiazole rings is 1. The third-order valence-electron chi connectivity index (χ3n) is 3.76. The largest absolute Gasteiger partial charge is 0.444 e. The summed E-state index contributed by atoms with van der Waals surface area (Å²) in [6, 6.07) is 7.98. The molecule has 0 saturated heterocycles. The molecule has 30 heavy (non-hydrogen) atoms. The lowest BCUT2D eigenvalue weighted by atomic mass is 10.2. The summed E-state index contributed by atoms with van der Waals surface area (Å²) in [6.07, 6.45) is 1.05. The van der Waals surface area contributed by atoms with Crippen molar-refractivity contribution in [1.82, 2.24) is 9.97 Å². The van der Waals surface area contributed by atoms with E-state index < -0.39 is 17.6 Å². The number of carbonyl (C=O) groups is 3. The van der Waals surface area contributed by atoms with E-state index in [4.69, 9.17) is 10.5 Å². The molecule has 0 radical (unpaired) electrons. The van der Waals surface area contributed by atoms with Gasteiger partial charge < -0.3 is 15.5 Å². The zero-order valence-corrected chi connectivity index (χ0v) is 17.4. The quantitative estimate of drug-likeness (QED) is 0.490. The first kappa shape index (κ1) is 21.1. The molecule has 3 amide bonds. The summed E-state index contributed by atoms with van der Waals surface area (Å²) >= 11 is 1.26. The molecule has 10 heteroatoms. The van der Waals surface area contributed by atoms with Crippen LogP contribution < -0.4 is 16.4 Å². The smallest absolute Gasteiger partial charge is 0.412 e. The molecule has 2 aromatic heterocycles.